The molecule has 3 N–H and O–H groups in total. The minimum atomic E-state index is -1.17. The third-order valence-electron chi connectivity index (χ3n) is 2.89. The Morgan fingerprint density at radius 2 is 2.14 bits per heavy atom. The van der Waals surface area contributed by atoms with Crippen molar-refractivity contribution in [1.82, 2.24) is 0 Å². The van der Waals surface area contributed by atoms with Crippen LogP contribution in [0.3, 0.4) is 0 Å². The number of amides is 1. The summed E-state index contributed by atoms with van der Waals surface area (Å²) >= 11 is 0. The fraction of sp³-hybridized carbons (Fsp3) is 0.333. The first-order chi connectivity index (χ1) is 9.95. The van der Waals surface area contributed by atoms with Crippen LogP contribution < -0.4 is 10.6 Å². The fourth-order valence-corrected chi connectivity index (χ4v) is 1.94. The molecule has 0 unspecified atom stereocenters. The van der Waals surface area contributed by atoms with Gasteiger partial charge < -0.3 is 15.7 Å². The Labute approximate surface area is 122 Å². The summed E-state index contributed by atoms with van der Waals surface area (Å²) in [5.41, 5.74) is 5.82. The van der Waals surface area contributed by atoms with Crippen molar-refractivity contribution in [2.45, 2.75) is 19.8 Å². The summed E-state index contributed by atoms with van der Waals surface area (Å²) in [5.74, 6) is -2.24. The number of carbonyl (C=O) groups excluding carboxylic acids is 1. The highest BCUT2D eigenvalue weighted by atomic mass is 19.1. The van der Waals surface area contributed by atoms with E-state index in [1.165, 1.54) is 18.2 Å². The molecule has 0 radical (unpaired) electrons. The van der Waals surface area contributed by atoms with Crippen LogP contribution in [0.25, 0.3) is 6.08 Å². The zero-order valence-corrected chi connectivity index (χ0v) is 11.9. The van der Waals surface area contributed by atoms with Gasteiger partial charge in [-0.15, -0.1) is 0 Å². The third kappa shape index (κ3) is 5.25. The number of primary amides is 1. The molecule has 6 heteroatoms. The van der Waals surface area contributed by atoms with Gasteiger partial charge >= 0.3 is 5.97 Å². The minimum Gasteiger partial charge on any atom is -0.478 e. The molecule has 1 aromatic rings. The number of carboxylic acids is 1. The fourth-order valence-electron chi connectivity index (χ4n) is 1.94. The number of nitrogens with zero attached hydrogens (tertiary/aromatic N) is 1. The Balaban J connectivity index is 3.19. The standard InChI is InChI=1S/C15H19FN2O3/c1-2-3-9-18(10-14(17)19)13-6-4-5-12(16)11(13)7-8-15(20)21/h4-8H,2-3,9-10H2,1H3,(H2,17,19)(H,20,21)/b8-7+. The van der Waals surface area contributed by atoms with Crippen LogP contribution in [0.5, 0.6) is 0 Å². The highest BCUT2D eigenvalue weighted by molar-refractivity contribution is 5.88. The van der Waals surface area contributed by atoms with Gasteiger partial charge in [0.2, 0.25) is 5.91 Å². The van der Waals surface area contributed by atoms with E-state index in [4.69, 9.17) is 10.8 Å². The molecule has 0 aromatic heterocycles. The van der Waals surface area contributed by atoms with Crippen molar-refractivity contribution in [2.75, 3.05) is 18.0 Å². The van der Waals surface area contributed by atoms with Gasteiger partial charge in [-0.1, -0.05) is 19.4 Å². The molecule has 0 aliphatic carbocycles. The monoisotopic (exact) mass is 294 g/mol. The van der Waals surface area contributed by atoms with Gasteiger partial charge in [-0.3, -0.25) is 4.79 Å². The van der Waals surface area contributed by atoms with E-state index in [-0.39, 0.29) is 12.1 Å². The Morgan fingerprint density at radius 1 is 1.43 bits per heavy atom. The molecular formula is C15H19FN2O3. The Hall–Kier alpha value is -2.37. The SMILES string of the molecule is CCCCN(CC(N)=O)c1cccc(F)c1/C=C/C(=O)O. The predicted molar refractivity (Wildman–Crippen MR) is 79.4 cm³/mol. The topological polar surface area (TPSA) is 83.6 Å². The molecule has 1 aromatic carbocycles. The van der Waals surface area contributed by atoms with Crippen molar-refractivity contribution >= 4 is 23.6 Å². The van der Waals surface area contributed by atoms with Crippen LogP contribution in [0.1, 0.15) is 25.3 Å². The molecule has 0 aliphatic heterocycles. The number of aliphatic carboxylic acids is 1. The molecule has 0 atom stereocenters. The molecule has 114 valence electrons. The van der Waals surface area contributed by atoms with Gasteiger partial charge in [0.25, 0.3) is 0 Å². The third-order valence-corrected chi connectivity index (χ3v) is 2.89. The summed E-state index contributed by atoms with van der Waals surface area (Å²) in [6, 6.07) is 4.40. The van der Waals surface area contributed by atoms with Crippen LogP contribution in [0.2, 0.25) is 0 Å². The van der Waals surface area contributed by atoms with E-state index in [0.717, 1.165) is 18.9 Å². The second-order valence-electron chi connectivity index (χ2n) is 4.59. The molecular weight excluding hydrogens is 275 g/mol. The number of unbranched alkanes of at least 4 members (excludes halogenated alkanes) is 1. The van der Waals surface area contributed by atoms with Crippen molar-refractivity contribution in [3.63, 3.8) is 0 Å². The zero-order valence-electron chi connectivity index (χ0n) is 11.9. The molecule has 0 saturated heterocycles. The van der Waals surface area contributed by atoms with Gasteiger partial charge in [0, 0.05) is 23.9 Å². The van der Waals surface area contributed by atoms with Crippen LogP contribution in [-0.4, -0.2) is 30.1 Å². The van der Waals surface area contributed by atoms with Gasteiger partial charge in [-0.25, -0.2) is 9.18 Å². The van der Waals surface area contributed by atoms with Crippen molar-refractivity contribution < 1.29 is 19.1 Å². The molecule has 0 saturated carbocycles. The van der Waals surface area contributed by atoms with E-state index >= 15 is 0 Å². The molecule has 0 spiro atoms. The van der Waals surface area contributed by atoms with Gasteiger partial charge in [0.15, 0.2) is 0 Å². The number of nitrogens with two attached hydrogens (primary N) is 1. The van der Waals surface area contributed by atoms with E-state index < -0.39 is 17.7 Å². The average Bonchev–Trinajstić information content (AvgIpc) is 2.41. The highest BCUT2D eigenvalue weighted by Crippen LogP contribution is 2.25. The van der Waals surface area contributed by atoms with E-state index in [1.807, 2.05) is 6.92 Å². The number of anilines is 1. The lowest BCUT2D eigenvalue weighted by Crippen LogP contribution is -2.35. The van der Waals surface area contributed by atoms with Crippen LogP contribution in [-0.2, 0) is 9.59 Å². The first-order valence-electron chi connectivity index (χ1n) is 6.68. The maximum absolute atomic E-state index is 13.9. The minimum absolute atomic E-state index is 0.0443. The summed E-state index contributed by atoms with van der Waals surface area (Å²) in [5, 5.41) is 8.69. The number of benzene rings is 1. The van der Waals surface area contributed by atoms with Crippen molar-refractivity contribution in [3.05, 3.63) is 35.7 Å². The zero-order chi connectivity index (χ0) is 15.8. The molecule has 0 fully saturated rings. The van der Waals surface area contributed by atoms with E-state index in [1.54, 1.807) is 11.0 Å². The Bertz CT molecular complexity index is 544. The molecule has 0 bridgehead atoms. The smallest absolute Gasteiger partial charge is 0.328 e. The first-order valence-corrected chi connectivity index (χ1v) is 6.68. The van der Waals surface area contributed by atoms with Gasteiger partial charge in [0.1, 0.15) is 5.82 Å². The molecule has 0 heterocycles. The largest absolute Gasteiger partial charge is 0.478 e. The van der Waals surface area contributed by atoms with Gasteiger partial charge in [0.05, 0.1) is 6.54 Å². The summed E-state index contributed by atoms with van der Waals surface area (Å²) in [4.78, 5) is 23.5. The Kier molecular flexibility index (Phi) is 6.39. The summed E-state index contributed by atoms with van der Waals surface area (Å²) in [6.07, 6.45) is 3.77. The highest BCUT2D eigenvalue weighted by Gasteiger charge is 2.15. The van der Waals surface area contributed by atoms with Crippen molar-refractivity contribution in [1.29, 1.82) is 0 Å². The summed E-state index contributed by atoms with van der Waals surface area (Å²) < 4.78 is 13.9. The molecule has 1 amide bonds. The second kappa shape index (κ2) is 8.04. The number of hydrogen-bond acceptors (Lipinski definition) is 3. The number of hydrogen-bond donors (Lipinski definition) is 2. The summed E-state index contributed by atoms with van der Waals surface area (Å²) in [6.45, 7) is 2.49. The van der Waals surface area contributed by atoms with E-state index in [9.17, 15) is 14.0 Å². The molecule has 21 heavy (non-hydrogen) atoms. The lowest BCUT2D eigenvalue weighted by molar-refractivity contribution is -0.131. The van der Waals surface area contributed by atoms with E-state index in [0.29, 0.717) is 12.2 Å². The predicted octanol–water partition coefficient (Wildman–Crippen LogP) is 2.02. The van der Waals surface area contributed by atoms with E-state index in [2.05, 4.69) is 0 Å². The van der Waals surface area contributed by atoms with Crippen molar-refractivity contribution in [2.24, 2.45) is 5.73 Å². The maximum Gasteiger partial charge on any atom is 0.328 e. The first kappa shape index (κ1) is 16.7. The second-order valence-corrected chi connectivity index (χ2v) is 4.59. The van der Waals surface area contributed by atoms with Crippen LogP contribution >= 0.6 is 0 Å². The number of halogens is 1. The lowest BCUT2D eigenvalue weighted by Gasteiger charge is -2.25. The average molecular weight is 294 g/mol. The molecule has 5 nitrogen and oxygen atoms in total. The van der Waals surface area contributed by atoms with Crippen molar-refractivity contribution in [3.8, 4) is 0 Å². The summed E-state index contributed by atoms with van der Waals surface area (Å²) in [7, 11) is 0. The van der Waals surface area contributed by atoms with Crippen LogP contribution in [0, 0.1) is 5.82 Å². The quantitative estimate of drug-likeness (QED) is 0.718. The normalized spacial score (nSPS) is 10.8. The lowest BCUT2D eigenvalue weighted by atomic mass is 10.1. The number of rotatable bonds is 8. The van der Waals surface area contributed by atoms with Gasteiger partial charge in [-0.2, -0.15) is 0 Å². The van der Waals surface area contributed by atoms with Gasteiger partial charge in [-0.05, 0) is 24.6 Å². The maximum atomic E-state index is 13.9. The Morgan fingerprint density at radius 3 is 2.71 bits per heavy atom. The molecule has 0 aliphatic rings. The van der Waals surface area contributed by atoms with Crippen LogP contribution in [0.15, 0.2) is 24.3 Å². The number of carbonyl (C=O) groups is 2. The van der Waals surface area contributed by atoms with Crippen LogP contribution in [0.4, 0.5) is 10.1 Å². The number of carboxylic acid groups (broad SMARTS) is 1. The molecule has 1 rings (SSSR count).